The summed E-state index contributed by atoms with van der Waals surface area (Å²) in [5.74, 6) is 1.34. The molecule has 0 amide bonds. The van der Waals surface area contributed by atoms with Crippen LogP contribution in [0.1, 0.15) is 289 Å². The van der Waals surface area contributed by atoms with Gasteiger partial charge in [0.1, 0.15) is 41.7 Å². The van der Waals surface area contributed by atoms with Crippen molar-refractivity contribution in [2.75, 3.05) is 6.61 Å². The fourth-order valence-corrected chi connectivity index (χ4v) is 12.9. The van der Waals surface area contributed by atoms with Gasteiger partial charge in [0.15, 0.2) is 0 Å². The Bertz CT molecular complexity index is 2360. The molecule has 9 rings (SSSR count). The number of unbranched alkanes of at least 4 members (excludes halogenated alkanes) is 16. The summed E-state index contributed by atoms with van der Waals surface area (Å²) in [7, 11) is 0. The Balaban J connectivity index is 0.000000181. The monoisotopic (exact) mass is 1160 g/mol. The SMILES string of the molecule is CC(C)(C)c1ccc(CCCCCCCC2OC2C2OC2CCC2CO2)cc1O.CCCCC1OC1C1OC1CCCCCCCc1ccc(C(C)(C)C)c(O)c1.CCCCCCC1OC1CCCCCCCc1ccc(C(C)(C)C)c(O)c1. The van der Waals surface area contributed by atoms with Gasteiger partial charge in [0.2, 0.25) is 0 Å². The molecule has 6 aliphatic rings. The minimum atomic E-state index is -0.00893. The topological polar surface area (TPSA) is 136 Å². The summed E-state index contributed by atoms with van der Waals surface area (Å²) in [6.45, 7) is 24.7. The van der Waals surface area contributed by atoms with E-state index in [0.717, 1.165) is 55.4 Å². The van der Waals surface area contributed by atoms with E-state index in [-0.39, 0.29) is 16.2 Å². The van der Waals surface area contributed by atoms with Crippen LogP contribution in [-0.2, 0) is 63.9 Å². The van der Waals surface area contributed by atoms with Crippen LogP contribution in [0.5, 0.6) is 17.2 Å². The molecule has 3 aromatic carbocycles. The molecule has 0 bridgehead atoms. The maximum Gasteiger partial charge on any atom is 0.119 e. The van der Waals surface area contributed by atoms with Crippen molar-refractivity contribution in [1.29, 1.82) is 0 Å². The number of aromatic hydroxyl groups is 3. The molecule has 3 aromatic rings. The van der Waals surface area contributed by atoms with Gasteiger partial charge in [-0.25, -0.2) is 0 Å². The summed E-state index contributed by atoms with van der Waals surface area (Å²) in [5, 5.41) is 30.8. The van der Waals surface area contributed by atoms with Gasteiger partial charge in [-0.05, 0) is 151 Å². The predicted octanol–water partition coefficient (Wildman–Crippen LogP) is 18.9. The number of hydrogen-bond acceptors (Lipinski definition) is 9. The molecule has 0 aliphatic carbocycles. The molecule has 6 fully saturated rings. The van der Waals surface area contributed by atoms with Crippen LogP contribution >= 0.6 is 0 Å². The van der Waals surface area contributed by atoms with Crippen molar-refractivity contribution in [2.24, 2.45) is 0 Å². The van der Waals surface area contributed by atoms with Crippen LogP contribution in [0.3, 0.4) is 0 Å². The number of aryl methyl sites for hydroxylation is 3. The van der Waals surface area contributed by atoms with Crippen molar-refractivity contribution in [3.8, 4) is 17.2 Å². The van der Waals surface area contributed by atoms with E-state index in [9.17, 15) is 15.3 Å². The van der Waals surface area contributed by atoms with Crippen molar-refractivity contribution in [2.45, 2.75) is 359 Å². The van der Waals surface area contributed by atoms with Crippen LogP contribution in [0.2, 0.25) is 0 Å². The lowest BCUT2D eigenvalue weighted by Gasteiger charge is -2.20. The Kier molecular flexibility index (Phi) is 27.2. The molecule has 11 atom stereocenters. The number of hydrogen-bond donors (Lipinski definition) is 3. The second-order valence-corrected chi connectivity index (χ2v) is 29.5. The van der Waals surface area contributed by atoms with E-state index in [4.69, 9.17) is 28.4 Å². The van der Waals surface area contributed by atoms with Crippen molar-refractivity contribution in [1.82, 2.24) is 0 Å². The van der Waals surface area contributed by atoms with E-state index in [1.165, 1.54) is 184 Å². The van der Waals surface area contributed by atoms with Gasteiger partial charge in [-0.15, -0.1) is 0 Å². The number of phenolic OH excluding ortho intramolecular Hbond substituents is 3. The average Bonchev–Trinajstić information content (AvgIpc) is 4.23. The number of ether oxygens (including phenoxy) is 6. The lowest BCUT2D eigenvalue weighted by atomic mass is 9.85. The Hall–Kier alpha value is -3.18. The Labute approximate surface area is 511 Å². The molecular formula is C75H120O9. The average molecular weight is 1170 g/mol. The number of rotatable bonds is 37. The Morgan fingerprint density at radius 3 is 0.929 bits per heavy atom. The van der Waals surface area contributed by atoms with Gasteiger partial charge in [0.05, 0.1) is 49.3 Å². The summed E-state index contributed by atoms with van der Waals surface area (Å²) in [6, 6.07) is 18.7. The quantitative estimate of drug-likeness (QED) is 0.0381. The smallest absolute Gasteiger partial charge is 0.119 e. The maximum atomic E-state index is 10.3. The Morgan fingerprint density at radius 1 is 0.333 bits per heavy atom. The highest BCUT2D eigenvalue weighted by atomic mass is 16.7. The number of phenols is 3. The first-order chi connectivity index (χ1) is 40.2. The summed E-state index contributed by atoms with van der Waals surface area (Å²) in [4.78, 5) is 0. The number of benzene rings is 3. The lowest BCUT2D eigenvalue weighted by Crippen LogP contribution is -2.11. The molecule has 0 saturated carbocycles. The minimum Gasteiger partial charge on any atom is -0.508 e. The molecule has 6 heterocycles. The predicted molar refractivity (Wildman–Crippen MR) is 345 cm³/mol. The molecule has 11 unspecified atom stereocenters. The van der Waals surface area contributed by atoms with Gasteiger partial charge in [-0.2, -0.15) is 0 Å². The van der Waals surface area contributed by atoms with Crippen LogP contribution < -0.4 is 0 Å². The van der Waals surface area contributed by atoms with Gasteiger partial charge >= 0.3 is 0 Å². The molecular weight excluding hydrogens is 1040 g/mol. The second kappa shape index (κ2) is 33.4. The summed E-state index contributed by atoms with van der Waals surface area (Å²) >= 11 is 0. The molecule has 0 radical (unpaired) electrons. The zero-order valence-electron chi connectivity index (χ0n) is 55.0. The normalized spacial score (nSPS) is 25.5. The van der Waals surface area contributed by atoms with Crippen molar-refractivity contribution in [3.63, 3.8) is 0 Å². The van der Waals surface area contributed by atoms with Crippen molar-refractivity contribution in [3.05, 3.63) is 88.0 Å². The Morgan fingerprint density at radius 2 is 0.619 bits per heavy atom. The first kappa shape index (κ1) is 68.3. The molecule has 84 heavy (non-hydrogen) atoms. The van der Waals surface area contributed by atoms with E-state index >= 15 is 0 Å². The summed E-state index contributed by atoms with van der Waals surface area (Å²) in [6.07, 6.45) is 43.8. The zero-order chi connectivity index (χ0) is 60.3. The molecule has 3 N–H and O–H groups in total. The van der Waals surface area contributed by atoms with Gasteiger partial charge in [0.25, 0.3) is 0 Å². The van der Waals surface area contributed by atoms with Crippen molar-refractivity contribution >= 4 is 0 Å². The summed E-state index contributed by atoms with van der Waals surface area (Å²) in [5.41, 5.74) is 6.85. The van der Waals surface area contributed by atoms with E-state index < -0.39 is 0 Å². The van der Waals surface area contributed by atoms with Crippen LogP contribution in [0, 0.1) is 0 Å². The lowest BCUT2D eigenvalue weighted by molar-refractivity contribution is 0.301. The third-order valence-corrected chi connectivity index (χ3v) is 18.7. The zero-order valence-corrected chi connectivity index (χ0v) is 55.0. The maximum absolute atomic E-state index is 10.3. The highest BCUT2D eigenvalue weighted by molar-refractivity contribution is 5.42. The fourth-order valence-electron chi connectivity index (χ4n) is 12.9. The fraction of sp³-hybridized carbons (Fsp3) is 0.760. The van der Waals surface area contributed by atoms with Crippen LogP contribution in [0.15, 0.2) is 54.6 Å². The third kappa shape index (κ3) is 24.4. The minimum absolute atomic E-state index is 0.00238. The first-order valence-corrected chi connectivity index (χ1v) is 34.6. The molecule has 6 saturated heterocycles. The van der Waals surface area contributed by atoms with E-state index in [2.05, 4.69) is 113 Å². The molecule has 0 spiro atoms. The third-order valence-electron chi connectivity index (χ3n) is 18.7. The molecule has 9 heteroatoms. The van der Waals surface area contributed by atoms with E-state index in [0.29, 0.717) is 84.4 Å². The molecule has 0 aromatic heterocycles. The first-order valence-electron chi connectivity index (χ1n) is 34.6. The van der Waals surface area contributed by atoms with Gasteiger partial charge < -0.3 is 43.7 Å². The highest BCUT2D eigenvalue weighted by Gasteiger charge is 2.57. The molecule has 9 nitrogen and oxygen atoms in total. The number of epoxide rings is 6. The van der Waals surface area contributed by atoms with Crippen LogP contribution in [-0.4, -0.2) is 89.1 Å². The molecule has 474 valence electrons. The van der Waals surface area contributed by atoms with Gasteiger partial charge in [-0.1, -0.05) is 228 Å². The van der Waals surface area contributed by atoms with E-state index in [1.54, 1.807) is 0 Å². The van der Waals surface area contributed by atoms with Crippen LogP contribution in [0.25, 0.3) is 0 Å². The van der Waals surface area contributed by atoms with Gasteiger partial charge in [-0.3, -0.25) is 0 Å². The molecule has 6 aliphatic heterocycles. The highest BCUT2D eigenvalue weighted by Crippen LogP contribution is 2.44. The summed E-state index contributed by atoms with van der Waals surface area (Å²) < 4.78 is 34.3. The van der Waals surface area contributed by atoms with Crippen molar-refractivity contribution < 1.29 is 43.7 Å². The van der Waals surface area contributed by atoms with Crippen LogP contribution in [0.4, 0.5) is 0 Å². The second-order valence-electron chi connectivity index (χ2n) is 29.5. The standard InChI is InChI=1S/C25H38O4.C25H40O3.C25H42O2/c1-25(2,3)19-13-11-17(15-20(19)26)9-7-5-4-6-8-10-21-23(28-21)24-22(29-24)14-12-18-16-27-18;1-5-6-13-21-23(27-21)24-22(28-24)14-11-9-7-8-10-12-18-15-16-19(20(26)17-18)25(2,3)4;1-5-6-7-12-15-23-24(27-23)16-13-10-8-9-11-14-20-17-18-21(22(26)19-20)25(2,3)4/h11,13,15,18,21-24,26H,4-10,12,14,16H2,1-3H3;15-17,21-24,26H,5-14H2,1-4H3;17-19,23-24,26H,5-16H2,1-4H3. The van der Waals surface area contributed by atoms with Gasteiger partial charge in [0, 0.05) is 0 Å². The van der Waals surface area contributed by atoms with E-state index in [1.807, 2.05) is 18.2 Å². The largest absolute Gasteiger partial charge is 0.508 e.